The van der Waals surface area contributed by atoms with E-state index in [9.17, 15) is 10.1 Å². The topological polar surface area (TPSA) is 90.2 Å². The van der Waals surface area contributed by atoms with Crippen LogP contribution in [0.1, 0.15) is 5.56 Å². The molecule has 0 saturated carbocycles. The molecule has 3 aromatic rings. The maximum atomic E-state index is 10.9. The van der Waals surface area contributed by atoms with Crippen molar-refractivity contribution in [2.24, 2.45) is 0 Å². The van der Waals surface area contributed by atoms with Crippen molar-refractivity contribution in [3.63, 3.8) is 0 Å². The predicted octanol–water partition coefficient (Wildman–Crippen LogP) is 3.16. The lowest BCUT2D eigenvalue weighted by Crippen LogP contribution is -2.03. The quantitative estimate of drug-likeness (QED) is 0.575. The second-order valence-electron chi connectivity index (χ2n) is 4.89. The fourth-order valence-electron chi connectivity index (χ4n) is 2.27. The number of fused-ring (bicyclic) bond motifs is 1. The number of ether oxygens (including phenoxy) is 1. The van der Waals surface area contributed by atoms with Crippen molar-refractivity contribution in [3.8, 4) is 5.75 Å². The normalized spacial score (nSPS) is 10.5. The van der Waals surface area contributed by atoms with Gasteiger partial charge in [-0.1, -0.05) is 12.1 Å². The van der Waals surface area contributed by atoms with Gasteiger partial charge in [-0.05, 0) is 23.8 Å². The Bertz CT molecular complexity index is 867. The lowest BCUT2D eigenvalue weighted by Gasteiger charge is -2.09. The minimum atomic E-state index is -0.432. The number of nitro groups is 1. The molecule has 0 aliphatic heterocycles. The zero-order valence-corrected chi connectivity index (χ0v) is 12.4. The minimum Gasteiger partial charge on any atom is -0.497 e. The first-order valence-electron chi connectivity index (χ1n) is 6.93. The Kier molecular flexibility index (Phi) is 4.01. The van der Waals surface area contributed by atoms with Crippen LogP contribution in [-0.2, 0) is 6.54 Å². The lowest BCUT2D eigenvalue weighted by molar-refractivity contribution is -0.384. The molecule has 0 spiro atoms. The van der Waals surface area contributed by atoms with E-state index in [1.807, 2.05) is 24.3 Å². The Labute approximate surface area is 132 Å². The fraction of sp³-hybridized carbons (Fsp3) is 0.125. The molecule has 23 heavy (non-hydrogen) atoms. The van der Waals surface area contributed by atoms with Crippen LogP contribution in [0.15, 0.2) is 48.8 Å². The van der Waals surface area contributed by atoms with E-state index in [0.717, 1.165) is 11.3 Å². The van der Waals surface area contributed by atoms with E-state index in [4.69, 9.17) is 4.74 Å². The van der Waals surface area contributed by atoms with Crippen molar-refractivity contribution in [3.05, 3.63) is 64.5 Å². The van der Waals surface area contributed by atoms with Crippen molar-refractivity contribution in [1.29, 1.82) is 0 Å². The molecule has 1 N–H and O–H groups in total. The lowest BCUT2D eigenvalue weighted by atomic mass is 10.2. The first-order valence-corrected chi connectivity index (χ1v) is 6.93. The monoisotopic (exact) mass is 310 g/mol. The highest BCUT2D eigenvalue weighted by Crippen LogP contribution is 2.24. The highest BCUT2D eigenvalue weighted by atomic mass is 16.6. The van der Waals surface area contributed by atoms with E-state index in [2.05, 4.69) is 15.3 Å². The molecule has 0 amide bonds. The summed E-state index contributed by atoms with van der Waals surface area (Å²) in [4.78, 5) is 18.8. The van der Waals surface area contributed by atoms with Crippen LogP contribution in [0, 0.1) is 10.1 Å². The molecule has 7 nitrogen and oxygen atoms in total. The summed E-state index contributed by atoms with van der Waals surface area (Å²) in [6, 6.07) is 12.2. The molecule has 0 aliphatic carbocycles. The van der Waals surface area contributed by atoms with Crippen LogP contribution in [0.5, 0.6) is 5.75 Å². The summed E-state index contributed by atoms with van der Waals surface area (Å²) in [6.07, 6.45) is 1.43. The van der Waals surface area contributed by atoms with E-state index in [1.165, 1.54) is 18.5 Å². The summed E-state index contributed by atoms with van der Waals surface area (Å²) < 4.78 is 5.19. The van der Waals surface area contributed by atoms with E-state index >= 15 is 0 Å². The third-order valence-corrected chi connectivity index (χ3v) is 3.42. The van der Waals surface area contributed by atoms with Gasteiger partial charge in [0.05, 0.1) is 17.5 Å². The number of nitrogens with one attached hydrogen (secondary N) is 1. The van der Waals surface area contributed by atoms with Crippen molar-refractivity contribution in [2.45, 2.75) is 6.54 Å². The van der Waals surface area contributed by atoms with E-state index in [-0.39, 0.29) is 5.69 Å². The number of aromatic nitrogens is 2. The Hall–Kier alpha value is -3.22. The van der Waals surface area contributed by atoms with Gasteiger partial charge >= 0.3 is 0 Å². The second-order valence-corrected chi connectivity index (χ2v) is 4.89. The number of hydrogen-bond donors (Lipinski definition) is 1. The van der Waals surface area contributed by atoms with Crippen LogP contribution in [-0.4, -0.2) is 22.0 Å². The zero-order valence-electron chi connectivity index (χ0n) is 12.4. The first-order chi connectivity index (χ1) is 11.2. The fourth-order valence-corrected chi connectivity index (χ4v) is 2.27. The van der Waals surface area contributed by atoms with Crippen molar-refractivity contribution < 1.29 is 9.66 Å². The molecule has 1 aromatic heterocycles. The standard InChI is InChI=1S/C16H14N4O3/c1-23-13-4-2-3-11(7-13)9-17-16-14-8-12(20(21)22)5-6-15(14)18-10-19-16/h2-8,10H,9H2,1H3,(H,17,18,19). The number of non-ortho nitro benzene ring substituents is 1. The average molecular weight is 310 g/mol. The van der Waals surface area contributed by atoms with Crippen LogP contribution in [0.25, 0.3) is 10.9 Å². The summed E-state index contributed by atoms with van der Waals surface area (Å²) >= 11 is 0. The smallest absolute Gasteiger partial charge is 0.270 e. The summed E-state index contributed by atoms with van der Waals surface area (Å²) in [7, 11) is 1.61. The van der Waals surface area contributed by atoms with Crippen LogP contribution >= 0.6 is 0 Å². The molecule has 0 radical (unpaired) electrons. The number of methoxy groups -OCH3 is 1. The Morgan fingerprint density at radius 2 is 2.09 bits per heavy atom. The molecule has 3 rings (SSSR count). The van der Waals surface area contributed by atoms with Gasteiger partial charge in [-0.25, -0.2) is 9.97 Å². The van der Waals surface area contributed by atoms with Gasteiger partial charge in [0.2, 0.25) is 0 Å². The minimum absolute atomic E-state index is 0.0109. The second kappa shape index (κ2) is 6.27. The van der Waals surface area contributed by atoms with Gasteiger partial charge in [0.25, 0.3) is 5.69 Å². The molecule has 2 aromatic carbocycles. The van der Waals surface area contributed by atoms with Gasteiger partial charge in [-0.3, -0.25) is 10.1 Å². The summed E-state index contributed by atoms with van der Waals surface area (Å²) in [5, 5.41) is 14.7. The van der Waals surface area contributed by atoms with E-state index in [0.29, 0.717) is 23.3 Å². The average Bonchev–Trinajstić information content (AvgIpc) is 2.59. The molecule has 0 unspecified atom stereocenters. The largest absolute Gasteiger partial charge is 0.497 e. The maximum absolute atomic E-state index is 10.9. The number of nitro benzene ring substituents is 1. The molecule has 0 saturated heterocycles. The van der Waals surface area contributed by atoms with Gasteiger partial charge < -0.3 is 10.1 Å². The summed E-state index contributed by atoms with van der Waals surface area (Å²) in [5.74, 6) is 1.33. The Morgan fingerprint density at radius 3 is 2.87 bits per heavy atom. The highest BCUT2D eigenvalue weighted by Gasteiger charge is 2.10. The molecule has 0 aliphatic rings. The van der Waals surface area contributed by atoms with Crippen molar-refractivity contribution >= 4 is 22.4 Å². The van der Waals surface area contributed by atoms with Gasteiger partial charge in [0.15, 0.2) is 0 Å². The van der Waals surface area contributed by atoms with Gasteiger partial charge in [-0.2, -0.15) is 0 Å². The third kappa shape index (κ3) is 3.18. The van der Waals surface area contributed by atoms with Crippen LogP contribution in [0.2, 0.25) is 0 Å². The van der Waals surface area contributed by atoms with Gasteiger partial charge in [0, 0.05) is 24.1 Å². The van der Waals surface area contributed by atoms with Crippen molar-refractivity contribution in [2.75, 3.05) is 12.4 Å². The van der Waals surface area contributed by atoms with Crippen LogP contribution in [0.3, 0.4) is 0 Å². The molecule has 0 bridgehead atoms. The SMILES string of the molecule is COc1cccc(CNc2ncnc3ccc([N+](=O)[O-])cc23)c1. The number of benzene rings is 2. The third-order valence-electron chi connectivity index (χ3n) is 3.42. The summed E-state index contributed by atoms with van der Waals surface area (Å²) in [5.41, 5.74) is 1.68. The molecular weight excluding hydrogens is 296 g/mol. The molecular formula is C16H14N4O3. The van der Waals surface area contributed by atoms with E-state index in [1.54, 1.807) is 13.2 Å². The van der Waals surface area contributed by atoms with E-state index < -0.39 is 4.92 Å². The highest BCUT2D eigenvalue weighted by molar-refractivity contribution is 5.90. The van der Waals surface area contributed by atoms with Crippen LogP contribution < -0.4 is 10.1 Å². The molecule has 0 fully saturated rings. The number of hydrogen-bond acceptors (Lipinski definition) is 6. The number of rotatable bonds is 5. The molecule has 1 heterocycles. The maximum Gasteiger partial charge on any atom is 0.270 e. The Balaban J connectivity index is 1.89. The number of nitrogens with zero attached hydrogens (tertiary/aromatic N) is 3. The Morgan fingerprint density at radius 1 is 1.22 bits per heavy atom. The summed E-state index contributed by atoms with van der Waals surface area (Å²) in [6.45, 7) is 0.520. The predicted molar refractivity (Wildman–Crippen MR) is 86.5 cm³/mol. The molecule has 0 atom stereocenters. The zero-order chi connectivity index (χ0) is 16.2. The first kappa shape index (κ1) is 14.7. The van der Waals surface area contributed by atoms with Gasteiger partial charge in [0.1, 0.15) is 17.9 Å². The number of anilines is 1. The van der Waals surface area contributed by atoms with Gasteiger partial charge in [-0.15, -0.1) is 0 Å². The molecule has 7 heteroatoms. The van der Waals surface area contributed by atoms with Crippen LogP contribution in [0.4, 0.5) is 11.5 Å². The van der Waals surface area contributed by atoms with Crippen molar-refractivity contribution in [1.82, 2.24) is 9.97 Å². The molecule has 116 valence electrons.